The maximum atomic E-state index is 3.96. The van der Waals surface area contributed by atoms with E-state index in [9.17, 15) is 0 Å². The highest BCUT2D eigenvalue weighted by Crippen LogP contribution is 2.09. The van der Waals surface area contributed by atoms with Crippen molar-refractivity contribution in [1.82, 2.24) is 0 Å². The zero-order valence-electron chi connectivity index (χ0n) is 2.68. The van der Waals surface area contributed by atoms with Crippen LogP contribution in [-0.2, 0) is 0 Å². The average molecular weight is 84.1 g/mol. The van der Waals surface area contributed by atoms with Gasteiger partial charge in [-0.2, -0.15) is 0 Å². The summed E-state index contributed by atoms with van der Waals surface area (Å²) in [5.74, 6) is 0. The Bertz CT molecular complexity index is 89.8. The minimum absolute atomic E-state index is 1.07. The molecule has 0 fully saturated rings. The zero-order chi connectivity index (χ0) is 3.70. The van der Waals surface area contributed by atoms with Crippen LogP contribution in [0.15, 0.2) is 23.1 Å². The predicted octanol–water partition coefficient (Wildman–Crippen LogP) is 1.37. The Morgan fingerprint density at radius 1 is 1.60 bits per heavy atom. The largest absolute Gasteiger partial charge is 0.143 e. The summed E-state index contributed by atoms with van der Waals surface area (Å²) < 4.78 is 0. The van der Waals surface area contributed by atoms with E-state index < -0.39 is 0 Å². The minimum Gasteiger partial charge on any atom is -0.143 e. The van der Waals surface area contributed by atoms with Crippen LogP contribution in [0.5, 0.6) is 0 Å². The first-order chi connectivity index (χ1) is 2.39. The molecule has 0 aromatic rings. The molecular formula is C4H4S. The second-order valence-electron chi connectivity index (χ2n) is 0.951. The second-order valence-corrected chi connectivity index (χ2v) is 1.47. The van der Waals surface area contributed by atoms with Gasteiger partial charge in [0.15, 0.2) is 0 Å². The van der Waals surface area contributed by atoms with E-state index in [1.807, 2.05) is 18.2 Å². The zero-order valence-corrected chi connectivity index (χ0v) is 3.57. The maximum Gasteiger partial charge on any atom is 0.00399 e. The molecule has 0 aromatic heterocycles. The van der Waals surface area contributed by atoms with Crippen LogP contribution in [0.4, 0.5) is 0 Å². The van der Waals surface area contributed by atoms with Gasteiger partial charge in [0.2, 0.25) is 0 Å². The van der Waals surface area contributed by atoms with E-state index in [1.165, 1.54) is 0 Å². The van der Waals surface area contributed by atoms with E-state index in [0.29, 0.717) is 0 Å². The molecule has 0 radical (unpaired) electrons. The van der Waals surface area contributed by atoms with E-state index in [1.54, 1.807) is 0 Å². The van der Waals surface area contributed by atoms with Gasteiger partial charge in [-0.25, -0.2) is 0 Å². The summed E-state index contributed by atoms with van der Waals surface area (Å²) in [5, 5.41) is 0. The Labute approximate surface area is 36.6 Å². The predicted molar refractivity (Wildman–Crippen MR) is 26.2 cm³/mol. The van der Waals surface area contributed by atoms with Crippen LogP contribution in [0.1, 0.15) is 0 Å². The van der Waals surface area contributed by atoms with Gasteiger partial charge < -0.3 is 0 Å². The monoisotopic (exact) mass is 84.0 g/mol. The van der Waals surface area contributed by atoms with Crippen molar-refractivity contribution < 1.29 is 0 Å². The van der Waals surface area contributed by atoms with Gasteiger partial charge in [-0.3, -0.25) is 0 Å². The van der Waals surface area contributed by atoms with Crippen LogP contribution in [-0.4, -0.2) is 0 Å². The first-order valence-corrected chi connectivity index (χ1v) is 1.91. The molecule has 1 aliphatic rings. The second kappa shape index (κ2) is 0.902. The van der Waals surface area contributed by atoms with Gasteiger partial charge in [0.25, 0.3) is 0 Å². The Kier molecular flexibility index (Phi) is 0.548. The molecule has 0 saturated heterocycles. The molecule has 0 amide bonds. The third-order valence-corrected chi connectivity index (χ3v) is 0.832. The van der Waals surface area contributed by atoms with Gasteiger partial charge in [0.05, 0.1) is 0 Å². The van der Waals surface area contributed by atoms with Crippen LogP contribution in [0, 0.1) is 0 Å². The molecule has 0 N–H and O–H groups in total. The molecule has 1 heteroatoms. The Balaban J connectivity index is 2.60. The van der Waals surface area contributed by atoms with E-state index in [2.05, 4.69) is 12.6 Å². The van der Waals surface area contributed by atoms with E-state index >= 15 is 0 Å². The fourth-order valence-electron chi connectivity index (χ4n) is 0.182. The lowest BCUT2D eigenvalue weighted by atomic mass is 10.3. The van der Waals surface area contributed by atoms with E-state index in [-0.39, 0.29) is 0 Å². The normalized spacial score (nSPS) is 17.4. The first kappa shape index (κ1) is 3.04. The third-order valence-electron chi connectivity index (χ3n) is 0.534. The molecule has 26 valence electrons. The van der Waals surface area contributed by atoms with Crippen LogP contribution in [0.3, 0.4) is 0 Å². The number of rotatable bonds is 0. The van der Waals surface area contributed by atoms with Gasteiger partial charge in [-0.15, -0.1) is 12.6 Å². The molecular weight excluding hydrogens is 80.1 g/mol. The number of allylic oxidation sites excluding steroid dienone is 3. The molecule has 1 rings (SSSR count). The Morgan fingerprint density at radius 2 is 2.00 bits per heavy atom. The van der Waals surface area contributed by atoms with Gasteiger partial charge in [0.1, 0.15) is 0 Å². The van der Waals surface area contributed by atoms with E-state index in [4.69, 9.17) is 0 Å². The van der Waals surface area contributed by atoms with Crippen molar-refractivity contribution in [3.05, 3.63) is 23.1 Å². The third kappa shape index (κ3) is 0.377. The van der Waals surface area contributed by atoms with Crippen LogP contribution >= 0.6 is 12.6 Å². The van der Waals surface area contributed by atoms with Gasteiger partial charge in [0, 0.05) is 4.91 Å². The summed E-state index contributed by atoms with van der Waals surface area (Å²) in [4.78, 5) is 1.07. The van der Waals surface area contributed by atoms with Crippen molar-refractivity contribution in [2.75, 3.05) is 0 Å². The SMILES string of the molecule is SC1=CC=C1. The molecule has 0 aliphatic heterocycles. The van der Waals surface area contributed by atoms with Crippen molar-refractivity contribution in [1.29, 1.82) is 0 Å². The molecule has 5 heavy (non-hydrogen) atoms. The van der Waals surface area contributed by atoms with Crippen molar-refractivity contribution in [3.8, 4) is 0 Å². The number of hydrogen-bond donors (Lipinski definition) is 1. The van der Waals surface area contributed by atoms with Crippen LogP contribution in [0.2, 0.25) is 0 Å². The molecule has 0 spiro atoms. The molecule has 1 aliphatic carbocycles. The lowest BCUT2D eigenvalue weighted by Gasteiger charge is -1.91. The Morgan fingerprint density at radius 3 is 2.00 bits per heavy atom. The molecule has 0 atom stereocenters. The fraction of sp³-hybridized carbons (Fsp3) is 0. The lowest BCUT2D eigenvalue weighted by Crippen LogP contribution is -1.68. The average Bonchev–Trinajstić information content (AvgIpc) is 1.30. The summed E-state index contributed by atoms with van der Waals surface area (Å²) in [6, 6.07) is 0. The lowest BCUT2D eigenvalue weighted by molar-refractivity contribution is 1.76. The molecule has 0 aromatic carbocycles. The van der Waals surface area contributed by atoms with Gasteiger partial charge in [-0.1, -0.05) is 6.08 Å². The number of hydrogen-bond acceptors (Lipinski definition) is 1. The molecule has 0 unspecified atom stereocenters. The van der Waals surface area contributed by atoms with Gasteiger partial charge in [-0.05, 0) is 12.2 Å². The van der Waals surface area contributed by atoms with Gasteiger partial charge >= 0.3 is 0 Å². The summed E-state index contributed by atoms with van der Waals surface area (Å²) in [5.41, 5.74) is 0. The summed E-state index contributed by atoms with van der Waals surface area (Å²) in [7, 11) is 0. The molecule has 0 saturated carbocycles. The van der Waals surface area contributed by atoms with Crippen molar-refractivity contribution in [2.45, 2.75) is 0 Å². The highest BCUT2D eigenvalue weighted by atomic mass is 32.1. The molecule has 0 heterocycles. The smallest absolute Gasteiger partial charge is 0.00399 e. The molecule has 0 nitrogen and oxygen atoms in total. The van der Waals surface area contributed by atoms with Crippen molar-refractivity contribution in [3.63, 3.8) is 0 Å². The maximum absolute atomic E-state index is 3.96. The standard InChI is InChI=1S/C4H4S/c5-4-2-1-3-4/h1-3,5H. The Hall–Kier alpha value is -0.170. The summed E-state index contributed by atoms with van der Waals surface area (Å²) >= 11 is 3.96. The topological polar surface area (TPSA) is 0 Å². The van der Waals surface area contributed by atoms with E-state index in [0.717, 1.165) is 4.91 Å². The fourth-order valence-corrected chi connectivity index (χ4v) is 0.354. The van der Waals surface area contributed by atoms with Crippen LogP contribution in [0.25, 0.3) is 0 Å². The van der Waals surface area contributed by atoms with Crippen molar-refractivity contribution in [2.24, 2.45) is 0 Å². The first-order valence-electron chi connectivity index (χ1n) is 1.47. The van der Waals surface area contributed by atoms with Crippen molar-refractivity contribution >= 4 is 12.6 Å². The highest BCUT2D eigenvalue weighted by Gasteiger charge is 1.83. The highest BCUT2D eigenvalue weighted by molar-refractivity contribution is 7.84. The van der Waals surface area contributed by atoms with Crippen LogP contribution < -0.4 is 0 Å². The summed E-state index contributed by atoms with van der Waals surface area (Å²) in [6.07, 6.45) is 5.86. The molecule has 0 bridgehead atoms. The number of thiol groups is 1. The quantitative estimate of drug-likeness (QED) is 0.421. The minimum atomic E-state index is 1.07. The summed E-state index contributed by atoms with van der Waals surface area (Å²) in [6.45, 7) is 0.